The SMILES string of the molecule is CC(=O)c1ccc(C(=O)N2CC[C@@H](c3ccccc3Cl)S(=O)(=O)CC2)s1. The van der Waals surface area contributed by atoms with E-state index < -0.39 is 15.1 Å². The lowest BCUT2D eigenvalue weighted by Crippen LogP contribution is -2.33. The molecule has 138 valence electrons. The number of carbonyl (C=O) groups excluding carboxylic acids is 2. The first-order valence-corrected chi connectivity index (χ1v) is 11.1. The summed E-state index contributed by atoms with van der Waals surface area (Å²) in [6.07, 6.45) is 0.294. The maximum atomic E-state index is 12.7. The number of sulfone groups is 1. The molecule has 5 nitrogen and oxygen atoms in total. The van der Waals surface area contributed by atoms with Crippen molar-refractivity contribution in [3.63, 3.8) is 0 Å². The molecule has 26 heavy (non-hydrogen) atoms. The number of thiophene rings is 1. The highest BCUT2D eigenvalue weighted by Crippen LogP contribution is 2.34. The van der Waals surface area contributed by atoms with Crippen molar-refractivity contribution in [3.8, 4) is 0 Å². The molecule has 0 aliphatic carbocycles. The van der Waals surface area contributed by atoms with E-state index in [4.69, 9.17) is 11.6 Å². The highest BCUT2D eigenvalue weighted by Gasteiger charge is 2.34. The van der Waals surface area contributed by atoms with Crippen LogP contribution in [0.1, 0.15) is 43.5 Å². The van der Waals surface area contributed by atoms with Crippen molar-refractivity contribution in [3.05, 3.63) is 56.7 Å². The number of carbonyl (C=O) groups is 2. The molecule has 1 aromatic carbocycles. The predicted octanol–water partition coefficient (Wildman–Crippen LogP) is 3.61. The normalized spacial score (nSPS) is 19.8. The maximum Gasteiger partial charge on any atom is 0.263 e. The second kappa shape index (κ2) is 7.50. The molecule has 3 rings (SSSR count). The third kappa shape index (κ3) is 3.84. The van der Waals surface area contributed by atoms with E-state index in [1.165, 1.54) is 6.92 Å². The Morgan fingerprint density at radius 1 is 1.12 bits per heavy atom. The number of hydrogen-bond acceptors (Lipinski definition) is 5. The van der Waals surface area contributed by atoms with Crippen molar-refractivity contribution in [2.75, 3.05) is 18.8 Å². The van der Waals surface area contributed by atoms with E-state index in [0.29, 0.717) is 33.3 Å². The van der Waals surface area contributed by atoms with Crippen LogP contribution in [-0.4, -0.2) is 43.9 Å². The van der Waals surface area contributed by atoms with Crippen molar-refractivity contribution in [2.45, 2.75) is 18.6 Å². The Morgan fingerprint density at radius 2 is 1.81 bits per heavy atom. The summed E-state index contributed by atoms with van der Waals surface area (Å²) in [5, 5.41) is -0.296. The van der Waals surface area contributed by atoms with Gasteiger partial charge in [0.05, 0.1) is 20.8 Å². The Hall–Kier alpha value is -1.70. The molecule has 8 heteroatoms. The number of benzene rings is 1. The van der Waals surface area contributed by atoms with E-state index in [2.05, 4.69) is 0 Å². The van der Waals surface area contributed by atoms with Crippen LogP contribution in [-0.2, 0) is 9.84 Å². The first-order chi connectivity index (χ1) is 12.3. The van der Waals surface area contributed by atoms with Crippen molar-refractivity contribution in [1.29, 1.82) is 0 Å². The maximum absolute atomic E-state index is 12.7. The molecule has 0 radical (unpaired) electrons. The molecule has 2 heterocycles. The average molecular weight is 412 g/mol. The zero-order valence-electron chi connectivity index (χ0n) is 14.1. The molecule has 0 spiro atoms. The Balaban J connectivity index is 1.83. The van der Waals surface area contributed by atoms with Gasteiger partial charge in [-0.15, -0.1) is 11.3 Å². The molecule has 1 saturated heterocycles. The summed E-state index contributed by atoms with van der Waals surface area (Å²) in [4.78, 5) is 26.6. The van der Waals surface area contributed by atoms with Gasteiger partial charge in [-0.25, -0.2) is 8.42 Å². The molecule has 1 amide bonds. The van der Waals surface area contributed by atoms with Gasteiger partial charge in [0.15, 0.2) is 15.6 Å². The molecule has 0 bridgehead atoms. The molecule has 1 aromatic heterocycles. The van der Waals surface area contributed by atoms with Gasteiger partial charge in [0.25, 0.3) is 5.91 Å². The van der Waals surface area contributed by atoms with Crippen LogP contribution < -0.4 is 0 Å². The molecule has 0 unspecified atom stereocenters. The highest BCUT2D eigenvalue weighted by molar-refractivity contribution is 7.91. The Morgan fingerprint density at radius 3 is 2.46 bits per heavy atom. The summed E-state index contributed by atoms with van der Waals surface area (Å²) < 4.78 is 25.4. The van der Waals surface area contributed by atoms with Crippen LogP contribution in [0.3, 0.4) is 0 Å². The van der Waals surface area contributed by atoms with Crippen LogP contribution in [0.15, 0.2) is 36.4 Å². The standard InChI is InChI=1S/C18H18ClNO4S2/c1-12(21)15-6-7-16(25-15)18(22)20-9-8-17(26(23,24)11-10-20)13-4-2-3-5-14(13)19/h2-7,17H,8-11H2,1H3/t17-/m0/s1. The zero-order valence-corrected chi connectivity index (χ0v) is 16.5. The average Bonchev–Trinajstić information content (AvgIpc) is 3.03. The van der Waals surface area contributed by atoms with Gasteiger partial charge in [-0.3, -0.25) is 9.59 Å². The third-order valence-corrected chi connectivity index (χ3v) is 8.07. The van der Waals surface area contributed by atoms with Crippen LogP contribution in [0.4, 0.5) is 0 Å². The molecule has 1 aliphatic rings. The number of nitrogens with zero attached hydrogens (tertiary/aromatic N) is 1. The van der Waals surface area contributed by atoms with E-state index >= 15 is 0 Å². The van der Waals surface area contributed by atoms with E-state index in [1.54, 1.807) is 41.3 Å². The van der Waals surface area contributed by atoms with Crippen LogP contribution in [0.25, 0.3) is 0 Å². The van der Waals surface area contributed by atoms with Gasteiger partial charge in [-0.2, -0.15) is 0 Å². The second-order valence-corrected chi connectivity index (χ2v) is 9.97. The molecule has 1 fully saturated rings. The number of amides is 1. The fraction of sp³-hybridized carbons (Fsp3) is 0.333. The van der Waals surface area contributed by atoms with E-state index in [1.807, 2.05) is 0 Å². The fourth-order valence-corrected chi connectivity index (χ4v) is 6.05. The van der Waals surface area contributed by atoms with E-state index in [9.17, 15) is 18.0 Å². The molecular weight excluding hydrogens is 394 g/mol. The molecule has 2 aromatic rings. The number of hydrogen-bond donors (Lipinski definition) is 0. The summed E-state index contributed by atoms with van der Waals surface area (Å²) >= 11 is 7.33. The number of halogens is 1. The summed E-state index contributed by atoms with van der Waals surface area (Å²) in [5.74, 6) is -0.441. The first kappa shape index (κ1) is 19.1. The smallest absolute Gasteiger partial charge is 0.263 e. The van der Waals surface area contributed by atoms with Gasteiger partial charge in [-0.05, 0) is 37.1 Å². The van der Waals surface area contributed by atoms with Gasteiger partial charge in [0, 0.05) is 18.1 Å². The Kier molecular flexibility index (Phi) is 5.50. The minimum atomic E-state index is -3.42. The predicted molar refractivity (Wildman–Crippen MR) is 103 cm³/mol. The van der Waals surface area contributed by atoms with Crippen LogP contribution in [0.5, 0.6) is 0 Å². The summed E-state index contributed by atoms with van der Waals surface area (Å²) in [5.41, 5.74) is 0.582. The Bertz CT molecular complexity index is 952. The fourth-order valence-electron chi connectivity index (χ4n) is 3.03. The Labute approximate surface area is 161 Å². The molecular formula is C18H18ClNO4S2. The minimum absolute atomic E-state index is 0.0914. The highest BCUT2D eigenvalue weighted by atomic mass is 35.5. The first-order valence-electron chi connectivity index (χ1n) is 8.15. The lowest BCUT2D eigenvalue weighted by molar-refractivity contribution is 0.0771. The molecule has 0 N–H and O–H groups in total. The van der Waals surface area contributed by atoms with Crippen molar-refractivity contribution < 1.29 is 18.0 Å². The van der Waals surface area contributed by atoms with Gasteiger partial charge >= 0.3 is 0 Å². The van der Waals surface area contributed by atoms with Gasteiger partial charge in [0.1, 0.15) is 0 Å². The third-order valence-electron chi connectivity index (χ3n) is 4.44. The lowest BCUT2D eigenvalue weighted by atomic mass is 10.1. The van der Waals surface area contributed by atoms with Crippen molar-refractivity contribution >= 4 is 44.5 Å². The van der Waals surface area contributed by atoms with Crippen molar-refractivity contribution in [1.82, 2.24) is 4.90 Å². The lowest BCUT2D eigenvalue weighted by Gasteiger charge is -2.19. The quantitative estimate of drug-likeness (QED) is 0.723. The number of ketones is 1. The monoisotopic (exact) mass is 411 g/mol. The van der Waals surface area contributed by atoms with Gasteiger partial charge in [0.2, 0.25) is 0 Å². The van der Waals surface area contributed by atoms with Crippen LogP contribution in [0, 0.1) is 0 Å². The van der Waals surface area contributed by atoms with E-state index in [-0.39, 0.29) is 24.0 Å². The summed E-state index contributed by atoms with van der Waals surface area (Å²) in [7, 11) is -3.42. The molecule has 0 saturated carbocycles. The van der Waals surface area contributed by atoms with Gasteiger partial charge < -0.3 is 4.90 Å². The topological polar surface area (TPSA) is 71.5 Å². The number of rotatable bonds is 3. The summed E-state index contributed by atoms with van der Waals surface area (Å²) in [6, 6.07) is 10.2. The summed E-state index contributed by atoms with van der Waals surface area (Å²) in [6.45, 7) is 1.91. The molecule has 1 aliphatic heterocycles. The van der Waals surface area contributed by atoms with E-state index in [0.717, 1.165) is 11.3 Å². The van der Waals surface area contributed by atoms with Gasteiger partial charge in [-0.1, -0.05) is 29.8 Å². The van der Waals surface area contributed by atoms with Crippen LogP contribution in [0.2, 0.25) is 5.02 Å². The second-order valence-electron chi connectivity index (χ2n) is 6.18. The molecule has 1 atom stereocenters. The van der Waals surface area contributed by atoms with Crippen LogP contribution >= 0.6 is 22.9 Å². The largest absolute Gasteiger partial charge is 0.337 e. The zero-order chi connectivity index (χ0) is 18.9. The number of Topliss-reactive ketones (excluding diaryl/α,β-unsaturated/α-hetero) is 1. The van der Waals surface area contributed by atoms with Crippen molar-refractivity contribution in [2.24, 2.45) is 0 Å². The minimum Gasteiger partial charge on any atom is -0.337 e.